The van der Waals surface area contributed by atoms with Crippen molar-refractivity contribution >= 4 is 17.1 Å². The van der Waals surface area contributed by atoms with Gasteiger partial charge in [0.1, 0.15) is 0 Å². The molecule has 28 heavy (non-hydrogen) atoms. The van der Waals surface area contributed by atoms with E-state index in [-0.39, 0.29) is 11.8 Å². The zero-order chi connectivity index (χ0) is 20.4. The molecule has 0 unspecified atom stereocenters. The third kappa shape index (κ3) is 4.57. The quantitative estimate of drug-likeness (QED) is 0.382. The number of nitrogens with zero attached hydrogens (tertiary/aromatic N) is 1. The molecule has 0 spiro atoms. The Kier molecular flexibility index (Phi) is 5.22. The smallest absolute Gasteiger partial charge is 0.294 e. The van der Waals surface area contributed by atoms with E-state index >= 15 is 0 Å². The minimum absolute atomic E-state index is 0.106. The van der Waals surface area contributed by atoms with Crippen LogP contribution < -0.4 is 10.4 Å². The predicted octanol–water partition coefficient (Wildman–Crippen LogP) is 6.89. The van der Waals surface area contributed by atoms with E-state index < -0.39 is 23.5 Å². The molecule has 3 aromatic rings. The Morgan fingerprint density at radius 2 is 1.04 bits per heavy atom. The predicted molar refractivity (Wildman–Crippen MR) is 95.1 cm³/mol. The van der Waals surface area contributed by atoms with Crippen molar-refractivity contribution in [1.29, 1.82) is 0 Å². The third-order valence-electron chi connectivity index (χ3n) is 3.86. The molecule has 0 aliphatic carbocycles. The van der Waals surface area contributed by atoms with Crippen LogP contribution in [0, 0.1) is 0 Å². The standard InChI is InChI=1S/C20H14F6N2/c21-19(22,23)14-11-15(20(24,25)26)13-18(12-14)28(17-9-5-2-6-10-17)27-16-7-3-1-4-8-16/h1-13,27H. The average Bonchev–Trinajstić information content (AvgIpc) is 2.66. The highest BCUT2D eigenvalue weighted by Gasteiger charge is 2.37. The van der Waals surface area contributed by atoms with Gasteiger partial charge in [-0.25, -0.2) is 0 Å². The lowest BCUT2D eigenvalue weighted by molar-refractivity contribution is -0.143. The fraction of sp³-hybridized carbons (Fsp3) is 0.100. The second-order valence-electron chi connectivity index (χ2n) is 5.91. The number of hydrogen-bond donors (Lipinski definition) is 1. The average molecular weight is 396 g/mol. The molecule has 0 saturated heterocycles. The number of benzene rings is 3. The van der Waals surface area contributed by atoms with Gasteiger partial charge in [0, 0.05) is 0 Å². The number of rotatable bonds is 4. The van der Waals surface area contributed by atoms with Gasteiger partial charge in [0.25, 0.3) is 0 Å². The number of hydrazine groups is 1. The van der Waals surface area contributed by atoms with Crippen molar-refractivity contribution < 1.29 is 26.3 Å². The number of hydrogen-bond acceptors (Lipinski definition) is 2. The van der Waals surface area contributed by atoms with E-state index in [1.807, 2.05) is 0 Å². The number of alkyl halides is 6. The molecule has 3 rings (SSSR count). The summed E-state index contributed by atoms with van der Waals surface area (Å²) in [7, 11) is 0. The molecule has 0 bridgehead atoms. The fourth-order valence-corrected chi connectivity index (χ4v) is 2.56. The van der Waals surface area contributed by atoms with Crippen molar-refractivity contribution in [1.82, 2.24) is 0 Å². The molecule has 0 heterocycles. The first kappa shape index (κ1) is 19.6. The van der Waals surface area contributed by atoms with Crippen LogP contribution in [0.15, 0.2) is 78.9 Å². The lowest BCUT2D eigenvalue weighted by atomic mass is 10.1. The van der Waals surface area contributed by atoms with Gasteiger partial charge in [-0.2, -0.15) is 26.3 Å². The number of para-hydroxylation sites is 2. The van der Waals surface area contributed by atoms with Crippen molar-refractivity contribution in [2.45, 2.75) is 12.4 Å². The molecule has 1 N–H and O–H groups in total. The Balaban J connectivity index is 2.16. The van der Waals surface area contributed by atoms with Gasteiger partial charge in [-0.15, -0.1) is 0 Å². The van der Waals surface area contributed by atoms with Gasteiger partial charge in [0.15, 0.2) is 0 Å². The summed E-state index contributed by atoms with van der Waals surface area (Å²) in [6.07, 6.45) is -9.85. The van der Waals surface area contributed by atoms with Crippen molar-refractivity contribution in [2.24, 2.45) is 0 Å². The first-order valence-corrected chi connectivity index (χ1v) is 8.11. The van der Waals surface area contributed by atoms with Crippen LogP contribution in [0.2, 0.25) is 0 Å². The SMILES string of the molecule is FC(F)(F)c1cc(N(Nc2ccccc2)c2ccccc2)cc(C(F)(F)F)c1. The summed E-state index contributed by atoms with van der Waals surface area (Å²) in [5.74, 6) is 0. The van der Waals surface area contributed by atoms with E-state index in [0.29, 0.717) is 23.5 Å². The molecule has 0 amide bonds. The summed E-state index contributed by atoms with van der Waals surface area (Å²) in [6.45, 7) is 0. The van der Waals surface area contributed by atoms with Crippen LogP contribution in [0.5, 0.6) is 0 Å². The van der Waals surface area contributed by atoms with E-state index in [0.717, 1.165) is 0 Å². The summed E-state index contributed by atoms with van der Waals surface area (Å²) in [5, 5.41) is 1.18. The van der Waals surface area contributed by atoms with Crippen molar-refractivity contribution in [2.75, 3.05) is 10.4 Å². The highest BCUT2D eigenvalue weighted by molar-refractivity contribution is 5.69. The van der Waals surface area contributed by atoms with Gasteiger partial charge in [0.2, 0.25) is 0 Å². The summed E-state index contributed by atoms with van der Waals surface area (Å²) in [4.78, 5) is 0. The van der Waals surface area contributed by atoms with Crippen molar-refractivity contribution in [3.05, 3.63) is 90.0 Å². The largest absolute Gasteiger partial charge is 0.416 e. The minimum Gasteiger partial charge on any atom is -0.294 e. The van der Waals surface area contributed by atoms with Crippen LogP contribution in [-0.2, 0) is 12.4 Å². The monoisotopic (exact) mass is 396 g/mol. The Bertz CT molecular complexity index is 889. The highest BCUT2D eigenvalue weighted by atomic mass is 19.4. The molecular weight excluding hydrogens is 382 g/mol. The van der Waals surface area contributed by atoms with Gasteiger partial charge in [0.05, 0.1) is 28.2 Å². The summed E-state index contributed by atoms with van der Waals surface area (Å²) >= 11 is 0. The van der Waals surface area contributed by atoms with Gasteiger partial charge in [-0.3, -0.25) is 10.4 Å². The maximum Gasteiger partial charge on any atom is 0.416 e. The molecule has 0 radical (unpaired) electrons. The molecular formula is C20H14F6N2. The second-order valence-corrected chi connectivity index (χ2v) is 5.91. The number of nitrogens with one attached hydrogen (secondary N) is 1. The van der Waals surface area contributed by atoms with E-state index in [4.69, 9.17) is 0 Å². The number of halogens is 6. The Morgan fingerprint density at radius 3 is 1.50 bits per heavy atom. The van der Waals surface area contributed by atoms with E-state index in [2.05, 4.69) is 5.43 Å². The van der Waals surface area contributed by atoms with Gasteiger partial charge < -0.3 is 0 Å². The van der Waals surface area contributed by atoms with E-state index in [9.17, 15) is 26.3 Å². The van der Waals surface area contributed by atoms with Crippen molar-refractivity contribution in [3.63, 3.8) is 0 Å². The Hall–Kier alpha value is -3.16. The summed E-state index contributed by atoms with van der Waals surface area (Å²) < 4.78 is 79.3. The maximum atomic E-state index is 13.2. The normalized spacial score (nSPS) is 11.9. The molecule has 3 aromatic carbocycles. The molecule has 2 nitrogen and oxygen atoms in total. The zero-order valence-corrected chi connectivity index (χ0v) is 14.2. The van der Waals surface area contributed by atoms with Crippen LogP contribution in [0.25, 0.3) is 0 Å². The fourth-order valence-electron chi connectivity index (χ4n) is 2.56. The van der Waals surface area contributed by atoms with Gasteiger partial charge in [-0.1, -0.05) is 36.4 Å². The van der Waals surface area contributed by atoms with E-state index in [1.54, 1.807) is 60.7 Å². The van der Waals surface area contributed by atoms with Gasteiger partial charge >= 0.3 is 12.4 Å². The third-order valence-corrected chi connectivity index (χ3v) is 3.86. The lowest BCUT2D eigenvalue weighted by Crippen LogP contribution is -2.25. The van der Waals surface area contributed by atoms with Crippen LogP contribution in [-0.4, -0.2) is 0 Å². The highest BCUT2D eigenvalue weighted by Crippen LogP contribution is 2.39. The molecule has 0 aliphatic heterocycles. The van der Waals surface area contributed by atoms with Crippen LogP contribution in [0.4, 0.5) is 43.4 Å². The second kappa shape index (κ2) is 7.46. The summed E-state index contributed by atoms with van der Waals surface area (Å²) in [6, 6.07) is 18.0. The maximum absolute atomic E-state index is 13.2. The minimum atomic E-state index is -4.93. The zero-order valence-electron chi connectivity index (χ0n) is 14.2. The summed E-state index contributed by atoms with van der Waals surface area (Å²) in [5.41, 5.74) is 0.682. The molecule has 0 atom stereocenters. The Labute approximate surface area is 157 Å². The first-order chi connectivity index (χ1) is 13.1. The first-order valence-electron chi connectivity index (χ1n) is 8.11. The number of anilines is 3. The molecule has 146 valence electrons. The topological polar surface area (TPSA) is 15.3 Å². The van der Waals surface area contributed by atoms with Crippen LogP contribution in [0.1, 0.15) is 11.1 Å². The van der Waals surface area contributed by atoms with Crippen LogP contribution >= 0.6 is 0 Å². The van der Waals surface area contributed by atoms with E-state index in [1.165, 1.54) is 5.01 Å². The molecule has 0 saturated carbocycles. The lowest BCUT2D eigenvalue weighted by Gasteiger charge is -2.28. The molecule has 0 aliphatic rings. The molecule has 0 fully saturated rings. The molecule has 0 aromatic heterocycles. The van der Waals surface area contributed by atoms with Crippen molar-refractivity contribution in [3.8, 4) is 0 Å². The van der Waals surface area contributed by atoms with Crippen LogP contribution in [0.3, 0.4) is 0 Å². The van der Waals surface area contributed by atoms with Gasteiger partial charge in [-0.05, 0) is 42.5 Å². The Morgan fingerprint density at radius 1 is 0.571 bits per heavy atom. The molecule has 8 heteroatoms.